The van der Waals surface area contributed by atoms with Gasteiger partial charge in [-0.2, -0.15) is 0 Å². The van der Waals surface area contributed by atoms with Crippen LogP contribution in [0.2, 0.25) is 0 Å². The van der Waals surface area contributed by atoms with Crippen molar-refractivity contribution >= 4 is 0 Å². The van der Waals surface area contributed by atoms with Gasteiger partial charge in [-0.05, 0) is 24.7 Å². The molecule has 72 valence electrons. The highest BCUT2D eigenvalue weighted by Gasteiger charge is 2.47. The monoisotopic (exact) mass is 173 g/mol. The van der Waals surface area contributed by atoms with E-state index in [-0.39, 0.29) is 12.7 Å². The van der Waals surface area contributed by atoms with Gasteiger partial charge < -0.3 is 15.6 Å². The van der Waals surface area contributed by atoms with Gasteiger partial charge in [0.05, 0.1) is 19.3 Å². The molecule has 0 aromatic carbocycles. The Morgan fingerprint density at radius 1 is 1.58 bits per heavy atom. The molecule has 0 amide bonds. The van der Waals surface area contributed by atoms with Crippen LogP contribution in [-0.4, -0.2) is 31.0 Å². The van der Waals surface area contributed by atoms with E-state index in [1.807, 2.05) is 0 Å². The van der Waals surface area contributed by atoms with Crippen LogP contribution in [0.5, 0.6) is 0 Å². The van der Waals surface area contributed by atoms with Gasteiger partial charge >= 0.3 is 0 Å². The second-order valence-electron chi connectivity index (χ2n) is 3.53. The van der Waals surface area contributed by atoms with Gasteiger partial charge in [-0.15, -0.1) is 0 Å². The molecule has 0 radical (unpaired) electrons. The SMILES string of the molecule is CCC1(C(CN)OCCO)CC1. The third-order valence-corrected chi connectivity index (χ3v) is 2.90. The van der Waals surface area contributed by atoms with E-state index < -0.39 is 0 Å². The summed E-state index contributed by atoms with van der Waals surface area (Å²) < 4.78 is 5.48. The zero-order valence-corrected chi connectivity index (χ0v) is 7.75. The van der Waals surface area contributed by atoms with Gasteiger partial charge in [0, 0.05) is 6.54 Å². The van der Waals surface area contributed by atoms with Crippen LogP contribution in [-0.2, 0) is 4.74 Å². The summed E-state index contributed by atoms with van der Waals surface area (Å²) >= 11 is 0. The van der Waals surface area contributed by atoms with Crippen LogP contribution >= 0.6 is 0 Å². The highest BCUT2D eigenvalue weighted by molar-refractivity contribution is 4.98. The third-order valence-electron chi connectivity index (χ3n) is 2.90. The van der Waals surface area contributed by atoms with Crippen LogP contribution in [0.4, 0.5) is 0 Å². The highest BCUT2D eigenvalue weighted by Crippen LogP contribution is 2.52. The van der Waals surface area contributed by atoms with Crippen molar-refractivity contribution in [2.75, 3.05) is 19.8 Å². The van der Waals surface area contributed by atoms with E-state index in [1.54, 1.807) is 0 Å². The lowest BCUT2D eigenvalue weighted by molar-refractivity contribution is -0.0102. The van der Waals surface area contributed by atoms with Crippen LogP contribution < -0.4 is 5.73 Å². The van der Waals surface area contributed by atoms with Crippen LogP contribution in [0, 0.1) is 5.41 Å². The number of aliphatic hydroxyl groups is 1. The molecule has 1 aliphatic rings. The van der Waals surface area contributed by atoms with Gasteiger partial charge in [0.25, 0.3) is 0 Å². The predicted molar refractivity (Wildman–Crippen MR) is 47.8 cm³/mol. The zero-order valence-electron chi connectivity index (χ0n) is 7.75. The van der Waals surface area contributed by atoms with Crippen LogP contribution in [0.3, 0.4) is 0 Å². The minimum absolute atomic E-state index is 0.0935. The maximum Gasteiger partial charge on any atom is 0.0754 e. The molecule has 1 unspecified atom stereocenters. The van der Waals surface area contributed by atoms with Crippen molar-refractivity contribution in [3.05, 3.63) is 0 Å². The summed E-state index contributed by atoms with van der Waals surface area (Å²) in [6.45, 7) is 3.27. The van der Waals surface area contributed by atoms with Crippen LogP contribution in [0.1, 0.15) is 26.2 Å². The smallest absolute Gasteiger partial charge is 0.0754 e. The Morgan fingerprint density at radius 3 is 2.58 bits per heavy atom. The molecule has 0 aromatic heterocycles. The van der Waals surface area contributed by atoms with Gasteiger partial charge in [0.1, 0.15) is 0 Å². The van der Waals surface area contributed by atoms with Gasteiger partial charge in [0.15, 0.2) is 0 Å². The molecule has 0 aromatic rings. The van der Waals surface area contributed by atoms with E-state index in [0.717, 1.165) is 6.42 Å². The van der Waals surface area contributed by atoms with Gasteiger partial charge in [-0.1, -0.05) is 6.92 Å². The Balaban J connectivity index is 2.34. The maximum absolute atomic E-state index is 8.60. The fourth-order valence-corrected chi connectivity index (χ4v) is 1.75. The number of rotatable bonds is 6. The van der Waals surface area contributed by atoms with Crippen molar-refractivity contribution in [2.45, 2.75) is 32.3 Å². The van der Waals surface area contributed by atoms with Crippen LogP contribution in [0.15, 0.2) is 0 Å². The molecule has 0 saturated heterocycles. The van der Waals surface area contributed by atoms with Crippen molar-refractivity contribution in [3.8, 4) is 0 Å². The molecule has 3 N–H and O–H groups in total. The minimum Gasteiger partial charge on any atom is -0.394 e. The molecule has 0 heterocycles. The molecule has 0 aliphatic heterocycles. The normalized spacial score (nSPS) is 22.2. The number of hydrogen-bond donors (Lipinski definition) is 2. The van der Waals surface area contributed by atoms with Crippen molar-refractivity contribution < 1.29 is 9.84 Å². The highest BCUT2D eigenvalue weighted by atomic mass is 16.5. The minimum atomic E-state index is 0.0935. The molecule has 0 spiro atoms. The second kappa shape index (κ2) is 4.21. The van der Waals surface area contributed by atoms with Gasteiger partial charge in [0.2, 0.25) is 0 Å². The lowest BCUT2D eigenvalue weighted by atomic mass is 9.96. The lowest BCUT2D eigenvalue weighted by Gasteiger charge is -2.24. The molecule has 1 aliphatic carbocycles. The number of hydrogen-bond acceptors (Lipinski definition) is 3. The van der Waals surface area contributed by atoms with Crippen molar-refractivity contribution in [2.24, 2.45) is 11.1 Å². The molecular weight excluding hydrogens is 154 g/mol. The van der Waals surface area contributed by atoms with E-state index in [0.29, 0.717) is 18.6 Å². The molecule has 12 heavy (non-hydrogen) atoms. The average molecular weight is 173 g/mol. The zero-order chi connectivity index (χ0) is 9.03. The van der Waals surface area contributed by atoms with E-state index in [2.05, 4.69) is 6.92 Å². The predicted octanol–water partition coefficient (Wildman–Crippen LogP) is 0.513. The molecule has 3 nitrogen and oxygen atoms in total. The van der Waals surface area contributed by atoms with E-state index in [4.69, 9.17) is 15.6 Å². The topological polar surface area (TPSA) is 55.5 Å². The van der Waals surface area contributed by atoms with E-state index in [9.17, 15) is 0 Å². The third kappa shape index (κ3) is 1.97. The molecular formula is C9H19NO2. The summed E-state index contributed by atoms with van der Waals surface area (Å²) in [6.07, 6.45) is 3.77. The molecule has 1 fully saturated rings. The Labute approximate surface area is 73.9 Å². The Morgan fingerprint density at radius 2 is 2.25 bits per heavy atom. The van der Waals surface area contributed by atoms with Gasteiger partial charge in [-0.25, -0.2) is 0 Å². The first kappa shape index (κ1) is 9.96. The quantitative estimate of drug-likeness (QED) is 0.615. The fourth-order valence-electron chi connectivity index (χ4n) is 1.75. The average Bonchev–Trinajstić information content (AvgIpc) is 2.87. The Bertz CT molecular complexity index is 134. The first-order valence-electron chi connectivity index (χ1n) is 4.71. The molecule has 1 rings (SSSR count). The summed E-state index contributed by atoms with van der Waals surface area (Å²) in [7, 11) is 0. The first-order chi connectivity index (χ1) is 5.79. The van der Waals surface area contributed by atoms with Crippen molar-refractivity contribution in [3.63, 3.8) is 0 Å². The van der Waals surface area contributed by atoms with Crippen molar-refractivity contribution in [1.82, 2.24) is 0 Å². The Hall–Kier alpha value is -0.120. The van der Waals surface area contributed by atoms with Gasteiger partial charge in [-0.3, -0.25) is 0 Å². The lowest BCUT2D eigenvalue weighted by Crippen LogP contribution is -2.33. The largest absolute Gasteiger partial charge is 0.394 e. The first-order valence-corrected chi connectivity index (χ1v) is 4.71. The summed E-state index contributed by atoms with van der Waals surface area (Å²) in [5.74, 6) is 0. The van der Waals surface area contributed by atoms with Crippen molar-refractivity contribution in [1.29, 1.82) is 0 Å². The van der Waals surface area contributed by atoms with E-state index in [1.165, 1.54) is 12.8 Å². The summed E-state index contributed by atoms with van der Waals surface area (Å²) in [6, 6.07) is 0. The Kier molecular flexibility index (Phi) is 3.50. The number of nitrogens with two attached hydrogens (primary N) is 1. The maximum atomic E-state index is 8.60. The molecule has 3 heteroatoms. The molecule has 1 atom stereocenters. The second-order valence-corrected chi connectivity index (χ2v) is 3.53. The standard InChI is InChI=1S/C9H19NO2/c1-2-9(3-4-9)8(7-10)12-6-5-11/h8,11H,2-7,10H2,1H3. The summed E-state index contributed by atoms with van der Waals surface area (Å²) in [4.78, 5) is 0. The summed E-state index contributed by atoms with van der Waals surface area (Å²) in [5.41, 5.74) is 5.96. The molecule has 1 saturated carbocycles. The summed E-state index contributed by atoms with van der Waals surface area (Å²) in [5, 5.41) is 8.60. The van der Waals surface area contributed by atoms with E-state index >= 15 is 0 Å². The number of aliphatic hydroxyl groups excluding tert-OH is 1. The fraction of sp³-hybridized carbons (Fsp3) is 1.00. The van der Waals surface area contributed by atoms with Crippen LogP contribution in [0.25, 0.3) is 0 Å². The molecule has 0 bridgehead atoms. The number of ether oxygens (including phenoxy) is 1.